The maximum absolute atomic E-state index is 11.6. The van der Waals surface area contributed by atoms with Crippen LogP contribution >= 0.6 is 0 Å². The maximum Gasteiger partial charge on any atom is 0.140 e. The highest BCUT2D eigenvalue weighted by Crippen LogP contribution is 2.29. The third kappa shape index (κ3) is 1.85. The summed E-state index contributed by atoms with van der Waals surface area (Å²) in [6.45, 7) is 0. The van der Waals surface area contributed by atoms with Crippen molar-refractivity contribution in [3.05, 3.63) is 35.9 Å². The van der Waals surface area contributed by atoms with E-state index in [-0.39, 0.29) is 17.8 Å². The Labute approximate surface area is 83.6 Å². The van der Waals surface area contributed by atoms with E-state index in [0.29, 0.717) is 19.3 Å². The number of aliphatic hydroxyl groups is 1. The van der Waals surface area contributed by atoms with E-state index in [4.69, 9.17) is 0 Å². The molecule has 0 radical (unpaired) electrons. The molecule has 74 valence electrons. The van der Waals surface area contributed by atoms with Crippen LogP contribution < -0.4 is 0 Å². The first-order valence-corrected chi connectivity index (χ1v) is 5.03. The normalized spacial score (nSPS) is 27.6. The Bertz CT molecular complexity index is 318. The molecule has 2 rings (SSSR count). The van der Waals surface area contributed by atoms with Crippen LogP contribution in [0.5, 0.6) is 0 Å². The van der Waals surface area contributed by atoms with Crippen molar-refractivity contribution >= 4 is 5.78 Å². The van der Waals surface area contributed by atoms with E-state index in [0.717, 1.165) is 5.56 Å². The van der Waals surface area contributed by atoms with Crippen LogP contribution in [0, 0.1) is 0 Å². The number of hydrogen-bond acceptors (Lipinski definition) is 2. The van der Waals surface area contributed by atoms with Crippen molar-refractivity contribution in [2.75, 3.05) is 0 Å². The van der Waals surface area contributed by atoms with Crippen molar-refractivity contribution in [1.82, 2.24) is 0 Å². The maximum atomic E-state index is 11.6. The number of ketones is 1. The minimum atomic E-state index is -0.307. The molecule has 0 aromatic heterocycles. The van der Waals surface area contributed by atoms with E-state index in [1.807, 2.05) is 30.3 Å². The quantitative estimate of drug-likeness (QED) is 0.734. The minimum Gasteiger partial charge on any atom is -0.393 e. The highest BCUT2D eigenvalue weighted by Gasteiger charge is 2.28. The Hall–Kier alpha value is -1.15. The molecule has 1 aromatic rings. The lowest BCUT2D eigenvalue weighted by Crippen LogP contribution is -2.26. The molecular weight excluding hydrogens is 176 g/mol. The van der Waals surface area contributed by atoms with Crippen LogP contribution in [0.1, 0.15) is 30.7 Å². The summed E-state index contributed by atoms with van der Waals surface area (Å²) in [4.78, 5) is 11.6. The van der Waals surface area contributed by atoms with Gasteiger partial charge in [-0.15, -0.1) is 0 Å². The number of carbonyl (C=O) groups is 1. The zero-order chi connectivity index (χ0) is 9.97. The Morgan fingerprint density at radius 2 is 1.93 bits per heavy atom. The second-order valence-electron chi connectivity index (χ2n) is 3.86. The van der Waals surface area contributed by atoms with Gasteiger partial charge in [-0.1, -0.05) is 30.3 Å². The highest BCUT2D eigenvalue weighted by molar-refractivity contribution is 5.86. The van der Waals surface area contributed by atoms with Crippen LogP contribution in [-0.4, -0.2) is 17.0 Å². The van der Waals surface area contributed by atoms with Gasteiger partial charge in [-0.25, -0.2) is 0 Å². The fourth-order valence-corrected chi connectivity index (χ4v) is 2.01. The Balaban J connectivity index is 2.20. The molecule has 2 nitrogen and oxygen atoms in total. The van der Waals surface area contributed by atoms with E-state index >= 15 is 0 Å². The van der Waals surface area contributed by atoms with Crippen LogP contribution in [0.2, 0.25) is 0 Å². The van der Waals surface area contributed by atoms with Crippen LogP contribution in [-0.2, 0) is 4.79 Å². The monoisotopic (exact) mass is 190 g/mol. The molecule has 1 N–H and O–H groups in total. The van der Waals surface area contributed by atoms with E-state index in [9.17, 15) is 9.90 Å². The van der Waals surface area contributed by atoms with Gasteiger partial charge in [-0.3, -0.25) is 4.79 Å². The lowest BCUT2D eigenvalue weighted by molar-refractivity contribution is -0.123. The minimum absolute atomic E-state index is 0.0834. The van der Waals surface area contributed by atoms with Crippen LogP contribution in [0.15, 0.2) is 30.3 Å². The molecule has 2 unspecified atom stereocenters. The van der Waals surface area contributed by atoms with Gasteiger partial charge in [0.15, 0.2) is 0 Å². The smallest absolute Gasteiger partial charge is 0.140 e. The summed E-state index contributed by atoms with van der Waals surface area (Å²) >= 11 is 0. The van der Waals surface area contributed by atoms with Crippen molar-refractivity contribution in [3.63, 3.8) is 0 Å². The van der Waals surface area contributed by atoms with Crippen molar-refractivity contribution < 1.29 is 9.90 Å². The molecule has 0 saturated heterocycles. The topological polar surface area (TPSA) is 37.3 Å². The molecule has 2 heteroatoms. The molecule has 0 amide bonds. The number of benzene rings is 1. The molecule has 14 heavy (non-hydrogen) atoms. The van der Waals surface area contributed by atoms with Crippen LogP contribution in [0.25, 0.3) is 0 Å². The number of rotatable bonds is 1. The second-order valence-corrected chi connectivity index (χ2v) is 3.86. The summed E-state index contributed by atoms with van der Waals surface area (Å²) in [5.41, 5.74) is 1.04. The second kappa shape index (κ2) is 3.93. The highest BCUT2D eigenvalue weighted by atomic mass is 16.3. The number of carbonyl (C=O) groups excluding carboxylic acids is 1. The van der Waals surface area contributed by atoms with E-state index in [1.165, 1.54) is 0 Å². The predicted molar refractivity (Wildman–Crippen MR) is 54.0 cm³/mol. The SMILES string of the molecule is O=C1CCC(O)CC1c1ccccc1. The lowest BCUT2D eigenvalue weighted by atomic mass is 9.81. The summed E-state index contributed by atoms with van der Waals surface area (Å²) < 4.78 is 0. The molecule has 1 saturated carbocycles. The van der Waals surface area contributed by atoms with Crippen molar-refractivity contribution in [1.29, 1.82) is 0 Å². The third-order valence-electron chi connectivity index (χ3n) is 2.82. The van der Waals surface area contributed by atoms with Gasteiger partial charge in [0.2, 0.25) is 0 Å². The van der Waals surface area contributed by atoms with Gasteiger partial charge < -0.3 is 5.11 Å². The Kier molecular flexibility index (Phi) is 2.64. The fraction of sp³-hybridized carbons (Fsp3) is 0.417. The standard InChI is InChI=1S/C12H14O2/c13-10-6-7-12(14)11(8-10)9-4-2-1-3-5-9/h1-5,10-11,13H,6-8H2. The van der Waals surface area contributed by atoms with Gasteiger partial charge in [-0.2, -0.15) is 0 Å². The van der Waals surface area contributed by atoms with E-state index in [1.54, 1.807) is 0 Å². The van der Waals surface area contributed by atoms with Crippen molar-refractivity contribution in [3.8, 4) is 0 Å². The summed E-state index contributed by atoms with van der Waals surface area (Å²) in [7, 11) is 0. The number of hydrogen-bond donors (Lipinski definition) is 1. The zero-order valence-electron chi connectivity index (χ0n) is 8.02. The average Bonchev–Trinajstić information content (AvgIpc) is 2.23. The van der Waals surface area contributed by atoms with Gasteiger partial charge in [0.1, 0.15) is 5.78 Å². The lowest BCUT2D eigenvalue weighted by Gasteiger charge is -2.24. The molecule has 1 aliphatic carbocycles. The summed E-state index contributed by atoms with van der Waals surface area (Å²) in [5.74, 6) is 0.182. The first-order chi connectivity index (χ1) is 6.77. The fourth-order valence-electron chi connectivity index (χ4n) is 2.01. The van der Waals surface area contributed by atoms with Gasteiger partial charge in [0.25, 0.3) is 0 Å². The third-order valence-corrected chi connectivity index (χ3v) is 2.82. The summed E-state index contributed by atoms with van der Waals surface area (Å²) in [6, 6.07) is 9.72. The molecular formula is C12H14O2. The van der Waals surface area contributed by atoms with E-state index < -0.39 is 0 Å². The molecule has 0 aliphatic heterocycles. The molecule has 0 bridgehead atoms. The van der Waals surface area contributed by atoms with Crippen LogP contribution in [0.4, 0.5) is 0 Å². The van der Waals surface area contributed by atoms with Crippen molar-refractivity contribution in [2.45, 2.75) is 31.3 Å². The van der Waals surface area contributed by atoms with Gasteiger partial charge >= 0.3 is 0 Å². The largest absolute Gasteiger partial charge is 0.393 e. The van der Waals surface area contributed by atoms with E-state index in [2.05, 4.69) is 0 Å². The summed E-state index contributed by atoms with van der Waals surface area (Å²) in [5, 5.41) is 9.51. The summed E-state index contributed by atoms with van der Waals surface area (Å²) in [6.07, 6.45) is 1.42. The Morgan fingerprint density at radius 1 is 1.21 bits per heavy atom. The number of aliphatic hydroxyl groups excluding tert-OH is 1. The van der Waals surface area contributed by atoms with Crippen molar-refractivity contribution in [2.24, 2.45) is 0 Å². The molecule has 0 heterocycles. The number of Topliss-reactive ketones (excluding diaryl/α,β-unsaturated/α-hetero) is 1. The van der Waals surface area contributed by atoms with Gasteiger partial charge in [-0.05, 0) is 18.4 Å². The van der Waals surface area contributed by atoms with Crippen LogP contribution in [0.3, 0.4) is 0 Å². The molecule has 2 atom stereocenters. The average molecular weight is 190 g/mol. The first kappa shape index (κ1) is 9.41. The molecule has 0 spiro atoms. The van der Waals surface area contributed by atoms with Gasteiger partial charge in [0.05, 0.1) is 6.10 Å². The Morgan fingerprint density at radius 3 is 2.64 bits per heavy atom. The molecule has 1 aromatic carbocycles. The molecule has 1 fully saturated rings. The predicted octanol–water partition coefficient (Wildman–Crippen LogP) is 1.88. The molecule has 1 aliphatic rings. The first-order valence-electron chi connectivity index (χ1n) is 5.03. The van der Waals surface area contributed by atoms with Gasteiger partial charge in [0, 0.05) is 12.3 Å². The zero-order valence-corrected chi connectivity index (χ0v) is 8.02.